The Hall–Kier alpha value is -2.34. The Morgan fingerprint density at radius 3 is 3.10 bits per heavy atom. The Morgan fingerprint density at radius 1 is 1.38 bits per heavy atom. The number of aromatic amines is 1. The number of ether oxygens (including phenoxy) is 1. The van der Waals surface area contributed by atoms with Crippen molar-refractivity contribution in [2.75, 3.05) is 13.1 Å². The molecule has 1 N–H and O–H groups in total. The van der Waals surface area contributed by atoms with Gasteiger partial charge in [-0.15, -0.1) is 0 Å². The molecule has 0 radical (unpaired) electrons. The second kappa shape index (κ2) is 4.89. The van der Waals surface area contributed by atoms with E-state index in [9.17, 15) is 4.79 Å². The maximum absolute atomic E-state index is 12.4. The third kappa shape index (κ3) is 2.27. The lowest BCUT2D eigenvalue weighted by Gasteiger charge is -2.38. The number of nitrogens with zero attached hydrogens (tertiary/aromatic N) is 2. The average molecular weight is 299 g/mol. The van der Waals surface area contributed by atoms with E-state index in [1.54, 1.807) is 11.1 Å². The summed E-state index contributed by atoms with van der Waals surface area (Å²) in [4.78, 5) is 21.4. The number of carbonyl (C=O) groups excluding carboxylic acids is 1. The summed E-state index contributed by atoms with van der Waals surface area (Å²) in [6, 6.07) is 7.72. The fourth-order valence-corrected chi connectivity index (χ4v) is 3.00. The van der Waals surface area contributed by atoms with E-state index in [0.717, 1.165) is 10.9 Å². The molecular formula is C15H13N3O2S. The largest absolute Gasteiger partial charge is 0.463 e. The van der Waals surface area contributed by atoms with Crippen molar-refractivity contribution in [2.45, 2.75) is 6.10 Å². The van der Waals surface area contributed by atoms with E-state index in [1.165, 1.54) is 11.3 Å². The number of amides is 1. The van der Waals surface area contributed by atoms with Crippen molar-refractivity contribution in [3.8, 4) is 5.19 Å². The van der Waals surface area contributed by atoms with Crippen molar-refractivity contribution in [3.63, 3.8) is 0 Å². The predicted octanol–water partition coefficient (Wildman–Crippen LogP) is 2.53. The first-order valence-electron chi connectivity index (χ1n) is 6.72. The van der Waals surface area contributed by atoms with Crippen LogP contribution in [-0.4, -0.2) is 40.0 Å². The summed E-state index contributed by atoms with van der Waals surface area (Å²) in [6.45, 7) is 1.22. The number of benzene rings is 1. The summed E-state index contributed by atoms with van der Waals surface area (Å²) >= 11 is 1.47. The first kappa shape index (κ1) is 12.4. The zero-order chi connectivity index (χ0) is 14.2. The van der Waals surface area contributed by atoms with Crippen molar-refractivity contribution >= 4 is 28.1 Å². The van der Waals surface area contributed by atoms with Crippen LogP contribution in [0.4, 0.5) is 0 Å². The highest BCUT2D eigenvalue weighted by Crippen LogP contribution is 2.22. The number of rotatable bonds is 3. The maximum atomic E-state index is 12.4. The number of fused-ring (bicyclic) bond motifs is 1. The summed E-state index contributed by atoms with van der Waals surface area (Å²) in [5, 5.41) is 3.66. The molecule has 3 heterocycles. The topological polar surface area (TPSA) is 58.2 Å². The summed E-state index contributed by atoms with van der Waals surface area (Å²) in [5.41, 5.74) is 1.69. The van der Waals surface area contributed by atoms with E-state index in [-0.39, 0.29) is 12.0 Å². The standard InChI is InChI=1S/C15H13N3O2S/c19-14(11-2-1-10-3-4-16-13(10)7-11)18-8-12(9-18)20-15-17-5-6-21-15/h1-7,12,16H,8-9H2. The average Bonchev–Trinajstić information content (AvgIpc) is 3.11. The molecule has 5 nitrogen and oxygen atoms in total. The van der Waals surface area contributed by atoms with Gasteiger partial charge < -0.3 is 14.6 Å². The van der Waals surface area contributed by atoms with Gasteiger partial charge in [0.2, 0.25) is 0 Å². The minimum atomic E-state index is 0.0467. The van der Waals surface area contributed by atoms with Gasteiger partial charge in [-0.2, -0.15) is 0 Å². The van der Waals surface area contributed by atoms with Crippen LogP contribution < -0.4 is 4.74 Å². The van der Waals surface area contributed by atoms with Crippen molar-refractivity contribution in [1.82, 2.24) is 14.9 Å². The molecule has 2 aromatic heterocycles. The molecule has 0 atom stereocenters. The third-order valence-corrected chi connectivity index (χ3v) is 4.28. The monoisotopic (exact) mass is 299 g/mol. The minimum absolute atomic E-state index is 0.0467. The van der Waals surface area contributed by atoms with Crippen LogP contribution in [0.5, 0.6) is 5.19 Å². The van der Waals surface area contributed by atoms with Gasteiger partial charge in [-0.25, -0.2) is 4.98 Å². The summed E-state index contributed by atoms with van der Waals surface area (Å²) < 4.78 is 5.67. The summed E-state index contributed by atoms with van der Waals surface area (Å²) in [5.74, 6) is 0.0467. The highest BCUT2D eigenvalue weighted by molar-refractivity contribution is 7.11. The maximum Gasteiger partial charge on any atom is 0.273 e. The van der Waals surface area contributed by atoms with Crippen LogP contribution in [0.3, 0.4) is 0 Å². The van der Waals surface area contributed by atoms with Crippen LogP contribution >= 0.6 is 11.3 Å². The van der Waals surface area contributed by atoms with E-state index < -0.39 is 0 Å². The lowest BCUT2D eigenvalue weighted by Crippen LogP contribution is -2.56. The van der Waals surface area contributed by atoms with Crippen molar-refractivity contribution < 1.29 is 9.53 Å². The Balaban J connectivity index is 1.42. The number of nitrogens with one attached hydrogen (secondary N) is 1. The molecule has 1 aromatic carbocycles. The molecule has 3 aromatic rings. The quantitative estimate of drug-likeness (QED) is 0.808. The summed E-state index contributed by atoms with van der Waals surface area (Å²) in [7, 11) is 0. The molecule has 106 valence electrons. The first-order chi connectivity index (χ1) is 10.3. The Labute approximate surface area is 125 Å². The lowest BCUT2D eigenvalue weighted by molar-refractivity contribution is 0.0177. The Morgan fingerprint density at radius 2 is 2.29 bits per heavy atom. The van der Waals surface area contributed by atoms with Crippen molar-refractivity contribution in [2.24, 2.45) is 0 Å². The summed E-state index contributed by atoms with van der Waals surface area (Å²) in [6.07, 6.45) is 3.64. The number of carbonyl (C=O) groups is 1. The highest BCUT2D eigenvalue weighted by Gasteiger charge is 2.33. The van der Waals surface area contributed by atoms with Gasteiger partial charge in [0.1, 0.15) is 6.10 Å². The van der Waals surface area contributed by atoms with Gasteiger partial charge in [0.05, 0.1) is 13.1 Å². The highest BCUT2D eigenvalue weighted by atomic mass is 32.1. The van der Waals surface area contributed by atoms with Gasteiger partial charge in [0.15, 0.2) is 0 Å². The van der Waals surface area contributed by atoms with E-state index in [0.29, 0.717) is 23.8 Å². The molecule has 6 heteroatoms. The normalized spacial score (nSPS) is 15.1. The van der Waals surface area contributed by atoms with Gasteiger partial charge in [-0.1, -0.05) is 17.4 Å². The molecule has 1 fully saturated rings. The lowest BCUT2D eigenvalue weighted by atomic mass is 10.1. The molecule has 4 rings (SSSR count). The fraction of sp³-hybridized carbons (Fsp3) is 0.200. The molecule has 0 unspecified atom stereocenters. The number of H-pyrrole nitrogens is 1. The van der Waals surface area contributed by atoms with E-state index >= 15 is 0 Å². The molecule has 1 saturated heterocycles. The fourth-order valence-electron chi connectivity index (χ4n) is 2.45. The van der Waals surface area contributed by atoms with Crippen LogP contribution in [0.15, 0.2) is 42.0 Å². The number of hydrogen-bond acceptors (Lipinski definition) is 4. The van der Waals surface area contributed by atoms with E-state index in [2.05, 4.69) is 9.97 Å². The molecular weight excluding hydrogens is 286 g/mol. The number of aromatic nitrogens is 2. The van der Waals surface area contributed by atoms with Crippen LogP contribution in [0, 0.1) is 0 Å². The number of thiazole rings is 1. The zero-order valence-electron chi connectivity index (χ0n) is 11.2. The molecule has 1 amide bonds. The van der Waals surface area contributed by atoms with Crippen LogP contribution in [0.1, 0.15) is 10.4 Å². The van der Waals surface area contributed by atoms with E-state index in [4.69, 9.17) is 4.74 Å². The van der Waals surface area contributed by atoms with E-state index in [1.807, 2.05) is 35.8 Å². The Kier molecular flexibility index (Phi) is 2.89. The van der Waals surface area contributed by atoms with Crippen LogP contribution in [0.2, 0.25) is 0 Å². The molecule has 0 spiro atoms. The van der Waals surface area contributed by atoms with Crippen molar-refractivity contribution in [1.29, 1.82) is 0 Å². The first-order valence-corrected chi connectivity index (χ1v) is 7.60. The zero-order valence-corrected chi connectivity index (χ0v) is 12.0. The molecule has 1 aliphatic rings. The molecule has 0 bridgehead atoms. The Bertz CT molecular complexity index is 775. The molecule has 0 aliphatic carbocycles. The molecule has 0 saturated carbocycles. The predicted molar refractivity (Wildman–Crippen MR) is 80.7 cm³/mol. The van der Waals surface area contributed by atoms with Gasteiger partial charge >= 0.3 is 0 Å². The van der Waals surface area contributed by atoms with Gasteiger partial charge in [-0.05, 0) is 23.6 Å². The smallest absolute Gasteiger partial charge is 0.273 e. The van der Waals surface area contributed by atoms with Gasteiger partial charge in [-0.3, -0.25) is 4.79 Å². The van der Waals surface area contributed by atoms with Gasteiger partial charge in [0, 0.05) is 28.9 Å². The second-order valence-corrected chi connectivity index (χ2v) is 5.88. The van der Waals surface area contributed by atoms with Crippen LogP contribution in [-0.2, 0) is 0 Å². The van der Waals surface area contributed by atoms with Crippen molar-refractivity contribution in [3.05, 3.63) is 47.6 Å². The number of likely N-dealkylation sites (tertiary alicyclic amines) is 1. The third-order valence-electron chi connectivity index (χ3n) is 3.61. The minimum Gasteiger partial charge on any atom is -0.463 e. The van der Waals surface area contributed by atoms with Gasteiger partial charge in [0.25, 0.3) is 11.1 Å². The number of hydrogen-bond donors (Lipinski definition) is 1. The molecule has 21 heavy (non-hydrogen) atoms. The second-order valence-electron chi connectivity index (χ2n) is 5.03. The SMILES string of the molecule is O=C(c1ccc2cc[nH]c2c1)N1CC(Oc2nccs2)C1. The van der Waals surface area contributed by atoms with Crippen LogP contribution in [0.25, 0.3) is 10.9 Å². The molecule has 1 aliphatic heterocycles.